The number of carbonyl (C=O) groups is 2. The molecule has 0 aliphatic carbocycles. The van der Waals surface area contributed by atoms with Crippen LogP contribution in [0.2, 0.25) is 0 Å². The van der Waals surface area contributed by atoms with E-state index >= 15 is 0 Å². The molecule has 0 unspecified atom stereocenters. The number of benzene rings is 3. The summed E-state index contributed by atoms with van der Waals surface area (Å²) in [4.78, 5) is 29.2. The summed E-state index contributed by atoms with van der Waals surface area (Å²) in [6, 6.07) is 20.9. The molecule has 3 aromatic carbocycles. The molecule has 0 atom stereocenters. The van der Waals surface area contributed by atoms with E-state index in [4.69, 9.17) is 14.5 Å². The maximum atomic E-state index is 13.2. The van der Waals surface area contributed by atoms with Crippen molar-refractivity contribution in [3.63, 3.8) is 0 Å². The van der Waals surface area contributed by atoms with Crippen molar-refractivity contribution in [3.05, 3.63) is 94.5 Å². The second-order valence-electron chi connectivity index (χ2n) is 8.44. The molecule has 0 saturated carbocycles. The zero-order valence-corrected chi connectivity index (χ0v) is 20.7. The van der Waals surface area contributed by atoms with Crippen molar-refractivity contribution in [2.45, 2.75) is 27.4 Å². The molecule has 0 aliphatic heterocycles. The van der Waals surface area contributed by atoms with Gasteiger partial charge in [-0.05, 0) is 55.3 Å². The molecule has 0 bridgehead atoms. The van der Waals surface area contributed by atoms with Gasteiger partial charge in [-0.15, -0.1) is 0 Å². The molecule has 1 amide bonds. The van der Waals surface area contributed by atoms with Crippen LogP contribution in [-0.2, 0) is 16.1 Å². The third-order valence-electron chi connectivity index (χ3n) is 5.73. The molecule has 0 saturated heterocycles. The highest BCUT2D eigenvalue weighted by Gasteiger charge is 2.15. The Hall–Kier alpha value is -4.52. The first-order valence-electron chi connectivity index (χ1n) is 11.5. The number of ether oxygens (including phenoxy) is 2. The Morgan fingerprint density at radius 1 is 1.03 bits per heavy atom. The van der Waals surface area contributed by atoms with E-state index in [-0.39, 0.29) is 18.5 Å². The zero-order chi connectivity index (χ0) is 25.7. The fourth-order valence-electron chi connectivity index (χ4n) is 4.00. The lowest BCUT2D eigenvalue weighted by atomic mass is 9.99. The number of esters is 1. The Bertz CT molecular complexity index is 1480. The van der Waals surface area contributed by atoms with Crippen LogP contribution in [-0.4, -0.2) is 30.2 Å². The number of nitrogens with zero attached hydrogens (tertiary/aromatic N) is 2. The minimum Gasteiger partial charge on any atom is -0.496 e. The minimum atomic E-state index is -0.381. The van der Waals surface area contributed by atoms with Gasteiger partial charge in [0.15, 0.2) is 0 Å². The van der Waals surface area contributed by atoms with Crippen molar-refractivity contribution in [1.29, 1.82) is 0 Å². The summed E-state index contributed by atoms with van der Waals surface area (Å²) in [5.41, 5.74) is 9.21. The molecule has 1 aromatic heterocycles. The molecule has 0 aliphatic rings. The zero-order valence-electron chi connectivity index (χ0n) is 20.7. The first-order chi connectivity index (χ1) is 17.4. The van der Waals surface area contributed by atoms with Gasteiger partial charge < -0.3 is 9.47 Å². The summed E-state index contributed by atoms with van der Waals surface area (Å²) in [5, 5.41) is 4.90. The standard InChI is InChI=1S/C29H27N3O4/c1-18-9-11-23(19(2)13-18)27-15-25(24-7-5-6-8-26(24)31-27)29(34)32-30-16-21-10-12-28(35-4)22(14-21)17-36-20(3)33/h5-16H,17H2,1-4H3,(H,32,34)/b30-16-. The third-order valence-corrected chi connectivity index (χ3v) is 5.73. The number of rotatable bonds is 7. The van der Waals surface area contributed by atoms with Gasteiger partial charge in [0.1, 0.15) is 12.4 Å². The lowest BCUT2D eigenvalue weighted by Gasteiger charge is -2.11. The van der Waals surface area contributed by atoms with E-state index in [1.165, 1.54) is 18.7 Å². The van der Waals surface area contributed by atoms with Crippen LogP contribution in [0.25, 0.3) is 22.2 Å². The third kappa shape index (κ3) is 5.58. The number of amides is 1. The Morgan fingerprint density at radius 3 is 2.58 bits per heavy atom. The number of fused-ring (bicyclic) bond motifs is 1. The Labute approximate surface area is 209 Å². The Balaban J connectivity index is 1.61. The van der Waals surface area contributed by atoms with Gasteiger partial charge in [0.25, 0.3) is 5.91 Å². The number of aromatic nitrogens is 1. The normalized spacial score (nSPS) is 11.0. The van der Waals surface area contributed by atoms with Crippen molar-refractivity contribution in [1.82, 2.24) is 10.4 Å². The quantitative estimate of drug-likeness (QED) is 0.218. The second-order valence-corrected chi connectivity index (χ2v) is 8.44. The van der Waals surface area contributed by atoms with Gasteiger partial charge in [0, 0.05) is 23.4 Å². The lowest BCUT2D eigenvalue weighted by Crippen LogP contribution is -2.18. The van der Waals surface area contributed by atoms with Gasteiger partial charge in [-0.3, -0.25) is 9.59 Å². The smallest absolute Gasteiger partial charge is 0.302 e. The average Bonchev–Trinajstić information content (AvgIpc) is 2.86. The number of para-hydroxylation sites is 1. The van der Waals surface area contributed by atoms with Crippen LogP contribution in [0.5, 0.6) is 5.75 Å². The fraction of sp³-hybridized carbons (Fsp3) is 0.172. The average molecular weight is 482 g/mol. The minimum absolute atomic E-state index is 0.0801. The van der Waals surface area contributed by atoms with Crippen LogP contribution < -0.4 is 10.2 Å². The number of hydrogen-bond acceptors (Lipinski definition) is 6. The van der Waals surface area contributed by atoms with E-state index in [1.807, 2.05) is 50.2 Å². The van der Waals surface area contributed by atoms with Crippen LogP contribution >= 0.6 is 0 Å². The summed E-state index contributed by atoms with van der Waals surface area (Å²) in [5.74, 6) is -0.128. The summed E-state index contributed by atoms with van der Waals surface area (Å²) in [6.07, 6.45) is 1.53. The van der Waals surface area contributed by atoms with Gasteiger partial charge in [-0.2, -0.15) is 5.10 Å². The van der Waals surface area contributed by atoms with E-state index in [0.717, 1.165) is 27.7 Å². The van der Waals surface area contributed by atoms with Crippen molar-refractivity contribution < 1.29 is 19.1 Å². The van der Waals surface area contributed by atoms with Crippen LogP contribution in [0.4, 0.5) is 0 Å². The predicted octanol–water partition coefficient (Wildman–Crippen LogP) is 5.35. The van der Waals surface area contributed by atoms with Crippen molar-refractivity contribution in [2.75, 3.05) is 7.11 Å². The molecule has 7 heteroatoms. The molecule has 7 nitrogen and oxygen atoms in total. The van der Waals surface area contributed by atoms with Gasteiger partial charge in [0.05, 0.1) is 30.1 Å². The molecule has 4 rings (SSSR count). The molecule has 0 spiro atoms. The van der Waals surface area contributed by atoms with Crippen molar-refractivity contribution >= 4 is 29.0 Å². The number of hydrogen-bond donors (Lipinski definition) is 1. The number of methoxy groups -OCH3 is 1. The fourth-order valence-corrected chi connectivity index (χ4v) is 4.00. The first-order valence-corrected chi connectivity index (χ1v) is 11.5. The molecule has 36 heavy (non-hydrogen) atoms. The lowest BCUT2D eigenvalue weighted by molar-refractivity contribution is -0.142. The SMILES string of the molecule is COc1ccc(/C=N\NC(=O)c2cc(-c3ccc(C)cc3C)nc3ccccc23)cc1COC(C)=O. The largest absolute Gasteiger partial charge is 0.496 e. The first kappa shape index (κ1) is 24.6. The number of hydrazone groups is 1. The molecular formula is C29H27N3O4. The van der Waals surface area contributed by atoms with Crippen LogP contribution in [0.1, 0.15) is 39.5 Å². The Kier molecular flexibility index (Phi) is 7.39. The number of carbonyl (C=O) groups excluding carboxylic acids is 2. The van der Waals surface area contributed by atoms with Crippen molar-refractivity contribution in [2.24, 2.45) is 5.10 Å². The molecule has 182 valence electrons. The number of aryl methyl sites for hydroxylation is 2. The molecular weight excluding hydrogens is 454 g/mol. The summed E-state index contributed by atoms with van der Waals surface area (Å²) >= 11 is 0. The molecule has 0 radical (unpaired) electrons. The molecule has 1 N–H and O–H groups in total. The predicted molar refractivity (Wildman–Crippen MR) is 140 cm³/mol. The van der Waals surface area contributed by atoms with Crippen molar-refractivity contribution in [3.8, 4) is 17.0 Å². The summed E-state index contributed by atoms with van der Waals surface area (Å²) in [6.45, 7) is 5.51. The molecule has 4 aromatic rings. The van der Waals surface area contributed by atoms with E-state index in [1.54, 1.807) is 31.4 Å². The summed E-state index contributed by atoms with van der Waals surface area (Å²) in [7, 11) is 1.55. The molecule has 0 fully saturated rings. The van der Waals surface area contributed by atoms with E-state index < -0.39 is 0 Å². The van der Waals surface area contributed by atoms with Gasteiger partial charge in [-0.25, -0.2) is 10.4 Å². The highest BCUT2D eigenvalue weighted by Crippen LogP contribution is 2.28. The molecule has 1 heterocycles. The monoisotopic (exact) mass is 481 g/mol. The second kappa shape index (κ2) is 10.8. The topological polar surface area (TPSA) is 89.9 Å². The van der Waals surface area contributed by atoms with E-state index in [0.29, 0.717) is 22.4 Å². The van der Waals surface area contributed by atoms with E-state index in [9.17, 15) is 9.59 Å². The van der Waals surface area contributed by atoms with Crippen LogP contribution in [0.3, 0.4) is 0 Å². The van der Waals surface area contributed by atoms with Gasteiger partial charge >= 0.3 is 5.97 Å². The highest BCUT2D eigenvalue weighted by molar-refractivity contribution is 6.07. The number of pyridine rings is 1. The van der Waals surface area contributed by atoms with E-state index in [2.05, 4.69) is 16.6 Å². The number of nitrogens with one attached hydrogen (secondary N) is 1. The maximum absolute atomic E-state index is 13.2. The van der Waals surface area contributed by atoms with Gasteiger partial charge in [0.2, 0.25) is 0 Å². The highest BCUT2D eigenvalue weighted by atomic mass is 16.5. The van der Waals surface area contributed by atoms with Crippen LogP contribution in [0.15, 0.2) is 71.8 Å². The Morgan fingerprint density at radius 2 is 1.83 bits per heavy atom. The summed E-state index contributed by atoms with van der Waals surface area (Å²) < 4.78 is 10.4. The van der Waals surface area contributed by atoms with Gasteiger partial charge in [-0.1, -0.05) is 42.0 Å². The van der Waals surface area contributed by atoms with Crippen LogP contribution in [0, 0.1) is 13.8 Å². The maximum Gasteiger partial charge on any atom is 0.302 e.